The number of nitrogens with one attached hydrogen (secondary N) is 2. The Balaban J connectivity index is 2.27. The van der Waals surface area contributed by atoms with Crippen molar-refractivity contribution >= 4 is 15.7 Å². The number of nitrogens with zero attached hydrogens (tertiary/aromatic N) is 2. The number of anilines is 1. The van der Waals surface area contributed by atoms with Crippen molar-refractivity contribution in [2.24, 2.45) is 0 Å². The molecule has 0 saturated heterocycles. The molecule has 0 aliphatic rings. The third-order valence-corrected chi connectivity index (χ3v) is 2.88. The van der Waals surface area contributed by atoms with Gasteiger partial charge in [-0.2, -0.15) is 13.5 Å². The Kier molecular flexibility index (Phi) is 2.38. The van der Waals surface area contributed by atoms with E-state index in [2.05, 4.69) is 19.9 Å². The minimum atomic E-state index is -3.65. The van der Waals surface area contributed by atoms with Crippen LogP contribution < -0.4 is 4.72 Å². The first-order chi connectivity index (χ1) is 7.18. The molecule has 0 amide bonds. The molecule has 15 heavy (non-hydrogen) atoms. The Labute approximate surface area is 86.4 Å². The van der Waals surface area contributed by atoms with Gasteiger partial charge >= 0.3 is 0 Å². The van der Waals surface area contributed by atoms with E-state index in [4.69, 9.17) is 0 Å². The maximum absolute atomic E-state index is 11.6. The topological polar surface area (TPSA) is 87.7 Å². The van der Waals surface area contributed by atoms with Crippen molar-refractivity contribution in [2.75, 3.05) is 4.72 Å². The van der Waals surface area contributed by atoms with Crippen molar-refractivity contribution in [3.05, 3.63) is 36.7 Å². The fourth-order valence-electron chi connectivity index (χ4n) is 1.03. The number of rotatable bonds is 3. The minimum absolute atomic E-state index is 0.202. The lowest BCUT2D eigenvalue weighted by molar-refractivity contribution is 0.593. The molecule has 0 fully saturated rings. The summed E-state index contributed by atoms with van der Waals surface area (Å²) in [5.41, 5.74) is 0.480. The molecule has 78 valence electrons. The first-order valence-electron chi connectivity index (χ1n) is 4.12. The molecule has 0 unspecified atom stereocenters. The normalized spacial score (nSPS) is 11.2. The van der Waals surface area contributed by atoms with E-state index in [1.54, 1.807) is 30.3 Å². The molecule has 0 aliphatic carbocycles. The Hall–Kier alpha value is -1.89. The predicted octanol–water partition coefficient (Wildman–Crippen LogP) is 0.605. The second-order valence-electron chi connectivity index (χ2n) is 2.76. The Morgan fingerprint density at radius 2 is 1.93 bits per heavy atom. The molecule has 1 heterocycles. The lowest BCUT2D eigenvalue weighted by Crippen LogP contribution is -2.14. The standard InChI is InChI=1S/C8H8N4O2S/c13-15(14,8-9-6-10-11-8)12-7-4-2-1-3-5-7/h1-6,12H,(H,9,10,11). The highest BCUT2D eigenvalue weighted by Gasteiger charge is 2.16. The van der Waals surface area contributed by atoms with Crippen LogP contribution in [0.25, 0.3) is 0 Å². The summed E-state index contributed by atoms with van der Waals surface area (Å²) in [5, 5.41) is 5.56. The van der Waals surface area contributed by atoms with Crippen molar-refractivity contribution in [1.82, 2.24) is 15.2 Å². The van der Waals surface area contributed by atoms with Gasteiger partial charge in [0.2, 0.25) is 0 Å². The Morgan fingerprint density at radius 1 is 1.20 bits per heavy atom. The highest BCUT2D eigenvalue weighted by atomic mass is 32.2. The highest BCUT2D eigenvalue weighted by molar-refractivity contribution is 7.92. The number of H-pyrrole nitrogens is 1. The van der Waals surface area contributed by atoms with Crippen molar-refractivity contribution in [3.63, 3.8) is 0 Å². The highest BCUT2D eigenvalue weighted by Crippen LogP contribution is 2.10. The fourth-order valence-corrected chi connectivity index (χ4v) is 1.94. The number of sulfonamides is 1. The largest absolute Gasteiger partial charge is 0.297 e. The lowest BCUT2D eigenvalue weighted by atomic mass is 10.3. The van der Waals surface area contributed by atoms with E-state index in [9.17, 15) is 8.42 Å². The van der Waals surface area contributed by atoms with Crippen LogP contribution in [-0.4, -0.2) is 23.6 Å². The molecular weight excluding hydrogens is 216 g/mol. The van der Waals surface area contributed by atoms with Crippen LogP contribution in [0.4, 0.5) is 5.69 Å². The SMILES string of the molecule is O=S(=O)(Nc1ccccc1)c1ncn[nH]1. The molecule has 0 bridgehead atoms. The van der Waals surface area contributed by atoms with Gasteiger partial charge in [0.15, 0.2) is 0 Å². The van der Waals surface area contributed by atoms with Gasteiger partial charge in [-0.1, -0.05) is 18.2 Å². The number of hydrogen-bond donors (Lipinski definition) is 2. The van der Waals surface area contributed by atoms with Crippen molar-refractivity contribution in [1.29, 1.82) is 0 Å². The Morgan fingerprint density at radius 3 is 2.53 bits per heavy atom. The average Bonchev–Trinajstić information content (AvgIpc) is 2.71. The minimum Gasteiger partial charge on any atom is -0.277 e. The van der Waals surface area contributed by atoms with Crippen LogP contribution in [0.1, 0.15) is 0 Å². The molecular formula is C8H8N4O2S. The van der Waals surface area contributed by atoms with Crippen molar-refractivity contribution in [2.45, 2.75) is 5.16 Å². The average molecular weight is 224 g/mol. The number of aromatic nitrogens is 3. The van der Waals surface area contributed by atoms with Gasteiger partial charge in [0.1, 0.15) is 6.33 Å². The van der Waals surface area contributed by atoms with E-state index in [1.807, 2.05) is 0 Å². The van der Waals surface area contributed by atoms with Crippen molar-refractivity contribution < 1.29 is 8.42 Å². The molecule has 6 nitrogen and oxygen atoms in total. The third kappa shape index (κ3) is 2.13. The summed E-state index contributed by atoms with van der Waals surface area (Å²) in [6.07, 6.45) is 1.14. The van der Waals surface area contributed by atoms with Crippen molar-refractivity contribution in [3.8, 4) is 0 Å². The van der Waals surface area contributed by atoms with Gasteiger partial charge in [0, 0.05) is 5.69 Å². The second-order valence-corrected chi connectivity index (χ2v) is 4.36. The van der Waals surface area contributed by atoms with Gasteiger partial charge < -0.3 is 0 Å². The van der Waals surface area contributed by atoms with Crippen LogP contribution in [-0.2, 0) is 10.0 Å². The molecule has 0 radical (unpaired) electrons. The maximum Gasteiger partial charge on any atom is 0.297 e. The molecule has 0 saturated carbocycles. The maximum atomic E-state index is 11.6. The summed E-state index contributed by atoms with van der Waals surface area (Å²) in [4.78, 5) is 3.57. The molecule has 0 aliphatic heterocycles. The zero-order chi connectivity index (χ0) is 10.7. The molecule has 2 N–H and O–H groups in total. The molecule has 0 atom stereocenters. The third-order valence-electron chi connectivity index (χ3n) is 1.67. The van der Waals surface area contributed by atoms with E-state index in [-0.39, 0.29) is 5.16 Å². The zero-order valence-electron chi connectivity index (χ0n) is 7.58. The number of para-hydroxylation sites is 1. The molecule has 2 rings (SSSR count). The first-order valence-corrected chi connectivity index (χ1v) is 5.60. The van der Waals surface area contributed by atoms with Gasteiger partial charge in [-0.15, -0.1) is 0 Å². The van der Waals surface area contributed by atoms with Gasteiger partial charge in [-0.25, -0.2) is 10.1 Å². The summed E-state index contributed by atoms with van der Waals surface area (Å²) in [5.74, 6) is 0. The monoisotopic (exact) mass is 224 g/mol. The van der Waals surface area contributed by atoms with Gasteiger partial charge in [0.25, 0.3) is 15.2 Å². The summed E-state index contributed by atoms with van der Waals surface area (Å²) >= 11 is 0. The van der Waals surface area contributed by atoms with E-state index >= 15 is 0 Å². The van der Waals surface area contributed by atoms with Gasteiger partial charge in [-0.05, 0) is 12.1 Å². The van der Waals surface area contributed by atoms with Crippen LogP contribution >= 0.6 is 0 Å². The van der Waals surface area contributed by atoms with E-state index in [1.165, 1.54) is 0 Å². The summed E-state index contributed by atoms with van der Waals surface area (Å²) in [6.45, 7) is 0. The molecule has 1 aromatic carbocycles. The molecule has 7 heteroatoms. The van der Waals surface area contributed by atoms with E-state index in [0.717, 1.165) is 6.33 Å². The fraction of sp³-hybridized carbons (Fsp3) is 0. The quantitative estimate of drug-likeness (QED) is 0.799. The predicted molar refractivity (Wildman–Crippen MR) is 53.6 cm³/mol. The van der Waals surface area contributed by atoms with Gasteiger partial charge in [-0.3, -0.25) is 4.72 Å². The molecule has 1 aromatic heterocycles. The number of aromatic amines is 1. The van der Waals surface area contributed by atoms with Crippen LogP contribution in [0.5, 0.6) is 0 Å². The summed E-state index contributed by atoms with van der Waals surface area (Å²) < 4.78 is 25.6. The summed E-state index contributed by atoms with van der Waals surface area (Å²) in [6, 6.07) is 8.56. The van der Waals surface area contributed by atoms with E-state index in [0.29, 0.717) is 5.69 Å². The van der Waals surface area contributed by atoms with Crippen LogP contribution in [0.2, 0.25) is 0 Å². The first kappa shape index (κ1) is 9.66. The van der Waals surface area contributed by atoms with Crippen LogP contribution in [0.15, 0.2) is 41.8 Å². The van der Waals surface area contributed by atoms with E-state index < -0.39 is 10.0 Å². The molecule has 0 spiro atoms. The number of hydrogen-bond acceptors (Lipinski definition) is 4. The lowest BCUT2D eigenvalue weighted by Gasteiger charge is -2.03. The Bertz CT molecular complexity index is 521. The zero-order valence-corrected chi connectivity index (χ0v) is 8.40. The van der Waals surface area contributed by atoms with Crippen LogP contribution in [0.3, 0.4) is 0 Å². The second kappa shape index (κ2) is 3.70. The smallest absolute Gasteiger partial charge is 0.277 e. The molecule has 2 aromatic rings. The number of benzene rings is 1. The van der Waals surface area contributed by atoms with Gasteiger partial charge in [0.05, 0.1) is 0 Å². The summed E-state index contributed by atoms with van der Waals surface area (Å²) in [7, 11) is -3.65. The van der Waals surface area contributed by atoms with Crippen LogP contribution in [0, 0.1) is 0 Å².